The highest BCUT2D eigenvalue weighted by Gasteiger charge is 2.24. The lowest BCUT2D eigenvalue weighted by molar-refractivity contribution is 0.00531. The Balaban J connectivity index is 1.55. The molecule has 2 rings (SSSR count). The van der Waals surface area contributed by atoms with Crippen molar-refractivity contribution in [3.05, 3.63) is 35.9 Å². The van der Waals surface area contributed by atoms with Gasteiger partial charge in [-0.3, -0.25) is 9.89 Å². The average Bonchev–Trinajstić information content (AvgIpc) is 2.73. The molecular formula is C24H42N4O2. The van der Waals surface area contributed by atoms with E-state index in [-0.39, 0.29) is 11.5 Å². The monoisotopic (exact) mass is 418 g/mol. The van der Waals surface area contributed by atoms with Gasteiger partial charge in [-0.15, -0.1) is 0 Å². The topological polar surface area (TPSA) is 58.1 Å². The summed E-state index contributed by atoms with van der Waals surface area (Å²) in [6, 6.07) is 10.7. The fourth-order valence-corrected chi connectivity index (χ4v) is 3.76. The zero-order valence-electron chi connectivity index (χ0n) is 19.6. The molecule has 1 fully saturated rings. The molecule has 0 aromatic heterocycles. The average molecular weight is 419 g/mol. The van der Waals surface area contributed by atoms with Crippen LogP contribution in [0.3, 0.4) is 0 Å². The molecule has 0 aliphatic carbocycles. The van der Waals surface area contributed by atoms with Gasteiger partial charge in [0.05, 0.1) is 12.2 Å². The van der Waals surface area contributed by atoms with Gasteiger partial charge in [-0.2, -0.15) is 0 Å². The molecule has 30 heavy (non-hydrogen) atoms. The maximum atomic E-state index is 6.11. The molecule has 6 heteroatoms. The van der Waals surface area contributed by atoms with Crippen LogP contribution in [0.5, 0.6) is 0 Å². The first kappa shape index (κ1) is 24.6. The molecule has 170 valence electrons. The highest BCUT2D eigenvalue weighted by Crippen LogP contribution is 2.21. The second kappa shape index (κ2) is 12.9. The van der Waals surface area contributed by atoms with E-state index in [0.29, 0.717) is 6.10 Å². The third-order valence-corrected chi connectivity index (χ3v) is 5.68. The fraction of sp³-hybridized carbons (Fsp3) is 0.708. The van der Waals surface area contributed by atoms with Gasteiger partial charge in [-0.05, 0) is 30.2 Å². The number of benzene rings is 1. The molecule has 2 N–H and O–H groups in total. The lowest BCUT2D eigenvalue weighted by atomic mass is 9.89. The van der Waals surface area contributed by atoms with Crippen molar-refractivity contribution in [2.24, 2.45) is 10.4 Å². The zero-order valence-corrected chi connectivity index (χ0v) is 19.6. The summed E-state index contributed by atoms with van der Waals surface area (Å²) < 4.78 is 11.7. The van der Waals surface area contributed by atoms with E-state index in [1.165, 1.54) is 5.56 Å². The Bertz CT molecular complexity index is 607. The van der Waals surface area contributed by atoms with Gasteiger partial charge < -0.3 is 20.1 Å². The Kier molecular flexibility index (Phi) is 10.6. The van der Waals surface area contributed by atoms with Crippen molar-refractivity contribution >= 4 is 5.96 Å². The number of piperidine rings is 1. The van der Waals surface area contributed by atoms with E-state index in [2.05, 4.69) is 71.6 Å². The number of aliphatic imine (C=N–C) groups is 1. The summed E-state index contributed by atoms with van der Waals surface area (Å²) in [6.07, 6.45) is 3.73. The molecular weight excluding hydrogens is 376 g/mol. The molecule has 1 unspecified atom stereocenters. The number of hydrogen-bond acceptors (Lipinski definition) is 4. The predicted octanol–water partition coefficient (Wildman–Crippen LogP) is 3.28. The van der Waals surface area contributed by atoms with Crippen molar-refractivity contribution in [1.82, 2.24) is 15.5 Å². The molecule has 1 atom stereocenters. The van der Waals surface area contributed by atoms with E-state index in [1.54, 1.807) is 14.2 Å². The minimum Gasteiger partial charge on any atom is -0.379 e. The van der Waals surface area contributed by atoms with E-state index in [1.807, 2.05) is 0 Å². The Labute approximate surface area is 183 Å². The predicted molar refractivity (Wildman–Crippen MR) is 125 cm³/mol. The molecule has 0 bridgehead atoms. The van der Waals surface area contributed by atoms with E-state index in [4.69, 9.17) is 9.47 Å². The summed E-state index contributed by atoms with van der Waals surface area (Å²) in [6.45, 7) is 12.2. The number of ether oxygens (including phenoxy) is 2. The van der Waals surface area contributed by atoms with Gasteiger partial charge >= 0.3 is 0 Å². The van der Waals surface area contributed by atoms with Gasteiger partial charge in [0.1, 0.15) is 0 Å². The van der Waals surface area contributed by atoms with Crippen LogP contribution in [0.15, 0.2) is 35.3 Å². The molecule has 6 nitrogen and oxygen atoms in total. The summed E-state index contributed by atoms with van der Waals surface area (Å²) in [4.78, 5) is 6.82. The first-order valence-electron chi connectivity index (χ1n) is 11.3. The number of nitrogens with zero attached hydrogens (tertiary/aromatic N) is 2. The maximum Gasteiger partial charge on any atom is 0.191 e. The highest BCUT2D eigenvalue weighted by atomic mass is 16.5. The number of likely N-dealkylation sites (tertiary alicyclic amines) is 1. The van der Waals surface area contributed by atoms with Crippen LogP contribution in [-0.2, 0) is 16.0 Å². The van der Waals surface area contributed by atoms with Crippen LogP contribution in [0.25, 0.3) is 0 Å². The van der Waals surface area contributed by atoms with Gasteiger partial charge in [0.25, 0.3) is 0 Å². The Hall–Kier alpha value is -1.63. The van der Waals surface area contributed by atoms with E-state index in [9.17, 15) is 0 Å². The number of guanidine groups is 1. The minimum absolute atomic E-state index is 0.0884. The lowest BCUT2D eigenvalue weighted by Crippen LogP contribution is -2.45. The smallest absolute Gasteiger partial charge is 0.191 e. The molecule has 1 aromatic rings. The number of rotatable bonds is 10. The summed E-state index contributed by atoms with van der Waals surface area (Å²) in [5, 5.41) is 6.73. The fourth-order valence-electron chi connectivity index (χ4n) is 3.76. The molecule has 0 amide bonds. The molecule has 1 aromatic carbocycles. The quantitative estimate of drug-likeness (QED) is 0.347. The van der Waals surface area contributed by atoms with Crippen LogP contribution in [0.4, 0.5) is 0 Å². The SMILES string of the molecule is CN=C(NCCCOC1CCN(Cc2ccccc2)CC1)NCC(OC)C(C)(C)C. The number of methoxy groups -OCH3 is 1. The second-order valence-electron chi connectivity index (χ2n) is 9.16. The van der Waals surface area contributed by atoms with E-state index >= 15 is 0 Å². The van der Waals surface area contributed by atoms with Gasteiger partial charge in [-0.1, -0.05) is 51.1 Å². The van der Waals surface area contributed by atoms with Gasteiger partial charge in [0.2, 0.25) is 0 Å². The molecule has 1 aliphatic rings. The second-order valence-corrected chi connectivity index (χ2v) is 9.16. The van der Waals surface area contributed by atoms with Crippen LogP contribution in [0, 0.1) is 5.41 Å². The largest absolute Gasteiger partial charge is 0.379 e. The van der Waals surface area contributed by atoms with Crippen molar-refractivity contribution in [2.75, 3.05) is 46.9 Å². The molecule has 0 radical (unpaired) electrons. The van der Waals surface area contributed by atoms with Crippen molar-refractivity contribution in [2.45, 2.75) is 58.8 Å². The molecule has 1 aliphatic heterocycles. The Morgan fingerprint density at radius 1 is 1.17 bits per heavy atom. The minimum atomic E-state index is 0.0884. The normalized spacial score (nSPS) is 17.7. The summed E-state index contributed by atoms with van der Waals surface area (Å²) in [5.74, 6) is 0.815. The molecule has 1 saturated heterocycles. The van der Waals surface area contributed by atoms with Crippen LogP contribution in [0.1, 0.15) is 45.6 Å². The van der Waals surface area contributed by atoms with Crippen LogP contribution in [-0.4, -0.2) is 70.0 Å². The third kappa shape index (κ3) is 9.02. The van der Waals surface area contributed by atoms with Gasteiger partial charge in [0, 0.05) is 53.5 Å². The summed E-state index contributed by atoms with van der Waals surface area (Å²) in [7, 11) is 3.56. The first-order valence-corrected chi connectivity index (χ1v) is 11.3. The van der Waals surface area contributed by atoms with E-state index < -0.39 is 0 Å². The lowest BCUT2D eigenvalue weighted by Gasteiger charge is -2.32. The summed E-state index contributed by atoms with van der Waals surface area (Å²) >= 11 is 0. The van der Waals surface area contributed by atoms with Crippen LogP contribution < -0.4 is 10.6 Å². The zero-order chi connectivity index (χ0) is 21.8. The highest BCUT2D eigenvalue weighted by molar-refractivity contribution is 5.79. The summed E-state index contributed by atoms with van der Waals surface area (Å²) in [5.41, 5.74) is 1.48. The molecule has 0 saturated carbocycles. The van der Waals surface area contributed by atoms with Crippen LogP contribution >= 0.6 is 0 Å². The van der Waals surface area contributed by atoms with Crippen molar-refractivity contribution in [3.8, 4) is 0 Å². The van der Waals surface area contributed by atoms with Crippen molar-refractivity contribution in [3.63, 3.8) is 0 Å². The van der Waals surface area contributed by atoms with E-state index in [0.717, 1.165) is 64.6 Å². The number of hydrogen-bond donors (Lipinski definition) is 2. The number of nitrogens with one attached hydrogen (secondary N) is 2. The van der Waals surface area contributed by atoms with Gasteiger partial charge in [0.15, 0.2) is 5.96 Å². The first-order chi connectivity index (χ1) is 14.4. The third-order valence-electron chi connectivity index (χ3n) is 5.68. The Morgan fingerprint density at radius 2 is 1.87 bits per heavy atom. The van der Waals surface area contributed by atoms with Crippen molar-refractivity contribution in [1.29, 1.82) is 0 Å². The van der Waals surface area contributed by atoms with Gasteiger partial charge in [-0.25, -0.2) is 0 Å². The molecule has 1 heterocycles. The van der Waals surface area contributed by atoms with Crippen LogP contribution in [0.2, 0.25) is 0 Å². The standard InChI is InChI=1S/C24H42N4O2/c1-24(2,3)22(29-5)18-27-23(25-4)26-14-9-17-30-21-12-15-28(16-13-21)19-20-10-7-6-8-11-20/h6-8,10-11,21-22H,9,12-19H2,1-5H3,(H2,25,26,27). The Morgan fingerprint density at radius 3 is 2.47 bits per heavy atom. The maximum absolute atomic E-state index is 6.11. The van der Waals surface area contributed by atoms with Crippen molar-refractivity contribution < 1.29 is 9.47 Å². The molecule has 0 spiro atoms.